The summed E-state index contributed by atoms with van der Waals surface area (Å²) in [5, 5.41) is 0.508. The second kappa shape index (κ2) is 4.40. The summed E-state index contributed by atoms with van der Waals surface area (Å²) in [6.07, 6.45) is 0. The quantitative estimate of drug-likeness (QED) is 0.776. The Balaban J connectivity index is 2.26. The summed E-state index contributed by atoms with van der Waals surface area (Å²) in [5.74, 6) is 0.235. The Kier molecular flexibility index (Phi) is 2.96. The average Bonchev–Trinajstić information content (AvgIpc) is 2.20. The highest BCUT2D eigenvalue weighted by Crippen LogP contribution is 2.24. The van der Waals surface area contributed by atoms with Gasteiger partial charge in [0.1, 0.15) is 5.82 Å². The number of benzene rings is 1. The third-order valence-electron chi connectivity index (χ3n) is 1.98. The molecule has 16 heavy (non-hydrogen) atoms. The number of aromatic nitrogens is 2. The van der Waals surface area contributed by atoms with E-state index < -0.39 is 0 Å². The van der Waals surface area contributed by atoms with Crippen molar-refractivity contribution >= 4 is 17.6 Å². The number of rotatable bonds is 2. The van der Waals surface area contributed by atoms with E-state index >= 15 is 0 Å². The number of nitrogen functional groups attached to an aromatic ring is 1. The minimum Gasteiger partial charge on any atom is -0.383 e. The molecule has 0 radical (unpaired) electrons. The van der Waals surface area contributed by atoms with Gasteiger partial charge in [-0.2, -0.15) is 0 Å². The summed E-state index contributed by atoms with van der Waals surface area (Å²) in [6, 6.07) is 9.23. The monoisotopic (exact) mass is 233 g/mol. The van der Waals surface area contributed by atoms with Crippen molar-refractivity contribution in [2.24, 2.45) is 0 Å². The maximum atomic E-state index is 11.2. The first kappa shape index (κ1) is 10.8. The molecule has 2 rings (SSSR count). The van der Waals surface area contributed by atoms with Gasteiger partial charge < -0.3 is 10.7 Å². The largest absolute Gasteiger partial charge is 0.383 e. The molecule has 1 aromatic carbocycles. The van der Waals surface area contributed by atoms with Gasteiger partial charge in [0.25, 0.3) is 5.56 Å². The Morgan fingerprint density at radius 3 is 2.62 bits per heavy atom. The molecule has 1 heterocycles. The smallest absolute Gasteiger partial charge is 0.253 e. The number of hydrogen-bond acceptors (Lipinski definition) is 4. The molecule has 0 saturated heterocycles. The Bertz CT molecular complexity index is 548. The SMILES string of the molecule is Cc1ccc(Sc2nc(N)cc(=O)[nH]2)cc1. The maximum Gasteiger partial charge on any atom is 0.253 e. The molecule has 0 amide bonds. The van der Waals surface area contributed by atoms with Crippen LogP contribution in [0.25, 0.3) is 0 Å². The minimum atomic E-state index is -0.234. The van der Waals surface area contributed by atoms with Crippen LogP contribution in [0.5, 0.6) is 0 Å². The number of aromatic amines is 1. The topological polar surface area (TPSA) is 71.8 Å². The molecule has 0 unspecified atom stereocenters. The molecule has 0 fully saturated rings. The van der Waals surface area contributed by atoms with Gasteiger partial charge in [-0.15, -0.1) is 0 Å². The van der Waals surface area contributed by atoms with Gasteiger partial charge in [-0.25, -0.2) is 4.98 Å². The molecule has 4 nitrogen and oxygen atoms in total. The lowest BCUT2D eigenvalue weighted by molar-refractivity contribution is 0.945. The second-order valence-electron chi connectivity index (χ2n) is 3.39. The third kappa shape index (κ3) is 2.64. The van der Waals surface area contributed by atoms with E-state index in [0.717, 1.165) is 4.90 Å². The fraction of sp³-hybridized carbons (Fsp3) is 0.0909. The van der Waals surface area contributed by atoms with Crippen LogP contribution in [0.4, 0.5) is 5.82 Å². The molecule has 1 aromatic heterocycles. The molecule has 0 aliphatic heterocycles. The van der Waals surface area contributed by atoms with Crippen LogP contribution in [0, 0.1) is 6.92 Å². The number of nitrogens with zero attached hydrogens (tertiary/aromatic N) is 1. The molecule has 0 atom stereocenters. The Morgan fingerprint density at radius 2 is 2.00 bits per heavy atom. The molecule has 82 valence electrons. The molecule has 5 heteroatoms. The molecule has 2 aromatic rings. The third-order valence-corrected chi connectivity index (χ3v) is 2.87. The van der Waals surface area contributed by atoms with Gasteiger partial charge in [0.15, 0.2) is 5.16 Å². The molecular weight excluding hydrogens is 222 g/mol. The lowest BCUT2D eigenvalue weighted by Crippen LogP contribution is -2.09. The van der Waals surface area contributed by atoms with Crippen LogP contribution in [0.2, 0.25) is 0 Å². The second-order valence-corrected chi connectivity index (χ2v) is 4.45. The van der Waals surface area contributed by atoms with Crippen LogP contribution in [0.1, 0.15) is 5.56 Å². The highest BCUT2D eigenvalue weighted by atomic mass is 32.2. The highest BCUT2D eigenvalue weighted by Gasteiger charge is 2.01. The molecular formula is C11H11N3OS. The zero-order chi connectivity index (χ0) is 11.5. The van der Waals surface area contributed by atoms with Crippen LogP contribution >= 0.6 is 11.8 Å². The van der Waals surface area contributed by atoms with E-state index in [4.69, 9.17) is 5.73 Å². The number of nitrogens with two attached hydrogens (primary N) is 1. The molecule has 0 saturated carbocycles. The van der Waals surface area contributed by atoms with Crippen molar-refractivity contribution in [2.45, 2.75) is 17.0 Å². The van der Waals surface area contributed by atoms with Crippen molar-refractivity contribution in [1.29, 1.82) is 0 Å². The van der Waals surface area contributed by atoms with Crippen molar-refractivity contribution < 1.29 is 0 Å². The van der Waals surface area contributed by atoms with Crippen LogP contribution in [0.15, 0.2) is 45.2 Å². The van der Waals surface area contributed by atoms with E-state index in [-0.39, 0.29) is 11.4 Å². The van der Waals surface area contributed by atoms with E-state index in [0.29, 0.717) is 5.16 Å². The Morgan fingerprint density at radius 1 is 1.31 bits per heavy atom. The summed E-state index contributed by atoms with van der Waals surface area (Å²) in [5.41, 5.74) is 6.45. The van der Waals surface area contributed by atoms with Crippen molar-refractivity contribution in [3.63, 3.8) is 0 Å². The zero-order valence-corrected chi connectivity index (χ0v) is 9.54. The first-order chi connectivity index (χ1) is 7.63. The first-order valence-electron chi connectivity index (χ1n) is 4.75. The summed E-state index contributed by atoms with van der Waals surface area (Å²) in [7, 11) is 0. The van der Waals surface area contributed by atoms with Crippen molar-refractivity contribution in [1.82, 2.24) is 9.97 Å². The molecule has 3 N–H and O–H groups in total. The van der Waals surface area contributed by atoms with Crippen LogP contribution in [-0.4, -0.2) is 9.97 Å². The minimum absolute atomic E-state index is 0.234. The van der Waals surface area contributed by atoms with Gasteiger partial charge >= 0.3 is 0 Å². The number of H-pyrrole nitrogens is 1. The van der Waals surface area contributed by atoms with E-state index in [1.54, 1.807) is 0 Å². The van der Waals surface area contributed by atoms with Crippen LogP contribution < -0.4 is 11.3 Å². The van der Waals surface area contributed by atoms with Gasteiger partial charge in [0.2, 0.25) is 0 Å². The van der Waals surface area contributed by atoms with E-state index in [1.807, 2.05) is 31.2 Å². The summed E-state index contributed by atoms with van der Waals surface area (Å²) < 4.78 is 0. The number of hydrogen-bond donors (Lipinski definition) is 2. The summed E-state index contributed by atoms with van der Waals surface area (Å²) in [6.45, 7) is 2.02. The molecule has 0 aliphatic carbocycles. The number of aryl methyl sites for hydroxylation is 1. The maximum absolute atomic E-state index is 11.2. The predicted molar refractivity (Wildman–Crippen MR) is 64.6 cm³/mol. The summed E-state index contributed by atoms with van der Waals surface area (Å²) >= 11 is 1.38. The van der Waals surface area contributed by atoms with Gasteiger partial charge in [-0.05, 0) is 19.1 Å². The van der Waals surface area contributed by atoms with Crippen LogP contribution in [-0.2, 0) is 0 Å². The van der Waals surface area contributed by atoms with Crippen molar-refractivity contribution in [2.75, 3.05) is 5.73 Å². The average molecular weight is 233 g/mol. The zero-order valence-electron chi connectivity index (χ0n) is 8.73. The fourth-order valence-corrected chi connectivity index (χ4v) is 2.02. The van der Waals surface area contributed by atoms with Gasteiger partial charge in [-0.1, -0.05) is 29.5 Å². The lowest BCUT2D eigenvalue weighted by atomic mass is 10.2. The van der Waals surface area contributed by atoms with Crippen molar-refractivity contribution in [3.05, 3.63) is 46.2 Å². The normalized spacial score (nSPS) is 10.3. The lowest BCUT2D eigenvalue weighted by Gasteiger charge is -2.01. The Labute approximate surface area is 96.9 Å². The highest BCUT2D eigenvalue weighted by molar-refractivity contribution is 7.99. The van der Waals surface area contributed by atoms with Gasteiger partial charge in [0.05, 0.1) is 0 Å². The standard InChI is InChI=1S/C11H11N3OS/c1-7-2-4-8(5-3-7)16-11-13-9(12)6-10(15)14-11/h2-6H,1H3,(H3,12,13,14,15). The van der Waals surface area contributed by atoms with Crippen LogP contribution in [0.3, 0.4) is 0 Å². The van der Waals surface area contributed by atoms with Crippen molar-refractivity contribution in [3.8, 4) is 0 Å². The number of anilines is 1. The first-order valence-corrected chi connectivity index (χ1v) is 5.56. The molecule has 0 aliphatic rings. The molecule has 0 spiro atoms. The fourth-order valence-electron chi connectivity index (χ4n) is 1.22. The van der Waals surface area contributed by atoms with E-state index in [9.17, 15) is 4.79 Å². The molecule has 0 bridgehead atoms. The van der Waals surface area contributed by atoms with Gasteiger partial charge in [-0.3, -0.25) is 4.79 Å². The van der Waals surface area contributed by atoms with E-state index in [1.165, 1.54) is 23.4 Å². The van der Waals surface area contributed by atoms with E-state index in [2.05, 4.69) is 9.97 Å². The van der Waals surface area contributed by atoms with Gasteiger partial charge in [0, 0.05) is 11.0 Å². The predicted octanol–water partition coefficient (Wildman–Crippen LogP) is 1.81. The Hall–Kier alpha value is -1.75. The number of nitrogens with one attached hydrogen (secondary N) is 1. The summed E-state index contributed by atoms with van der Waals surface area (Å²) in [4.78, 5) is 18.8.